The zero-order valence-electron chi connectivity index (χ0n) is 7.87. The largest absolute Gasteiger partial charge is 0.390 e. The molecule has 1 saturated carbocycles. The average molecular weight is 258 g/mol. The molecular formula is C9H12BrN3O. The first kappa shape index (κ1) is 9.86. The Morgan fingerprint density at radius 3 is 2.93 bits per heavy atom. The first-order valence-electron chi connectivity index (χ1n) is 4.51. The van der Waals surface area contributed by atoms with Gasteiger partial charge in [-0.3, -0.25) is 0 Å². The summed E-state index contributed by atoms with van der Waals surface area (Å²) < 4.78 is 0.853. The van der Waals surface area contributed by atoms with Crippen LogP contribution in [0, 0.1) is 0 Å². The molecule has 1 aliphatic carbocycles. The summed E-state index contributed by atoms with van der Waals surface area (Å²) in [4.78, 5) is 7.97. The number of rotatable bonds is 2. The maximum atomic E-state index is 9.55. The van der Waals surface area contributed by atoms with E-state index in [1.165, 1.54) is 6.33 Å². The van der Waals surface area contributed by atoms with E-state index >= 15 is 0 Å². The number of aromatic nitrogens is 2. The van der Waals surface area contributed by atoms with Crippen molar-refractivity contribution < 1.29 is 5.11 Å². The van der Waals surface area contributed by atoms with E-state index in [4.69, 9.17) is 0 Å². The molecule has 0 unspecified atom stereocenters. The van der Waals surface area contributed by atoms with Gasteiger partial charge in [-0.2, -0.15) is 0 Å². The molecule has 0 saturated heterocycles. The average Bonchev–Trinajstić information content (AvgIpc) is 2.05. The van der Waals surface area contributed by atoms with Crippen LogP contribution in [0.5, 0.6) is 0 Å². The number of nitrogens with zero attached hydrogens (tertiary/aromatic N) is 2. The summed E-state index contributed by atoms with van der Waals surface area (Å²) in [5, 5.41) is 12.8. The number of hydrogen-bond acceptors (Lipinski definition) is 4. The van der Waals surface area contributed by atoms with Crippen LogP contribution in [-0.2, 0) is 0 Å². The number of nitrogens with one attached hydrogen (secondary N) is 1. The minimum absolute atomic E-state index is 0.316. The van der Waals surface area contributed by atoms with Crippen molar-refractivity contribution in [3.8, 4) is 0 Å². The second-order valence-electron chi connectivity index (χ2n) is 3.97. The van der Waals surface area contributed by atoms with Gasteiger partial charge in [0.1, 0.15) is 12.1 Å². The molecule has 1 aliphatic rings. The van der Waals surface area contributed by atoms with Gasteiger partial charge in [0, 0.05) is 12.2 Å². The Hall–Kier alpha value is -0.680. The molecule has 1 aromatic rings. The van der Waals surface area contributed by atoms with Crippen molar-refractivity contribution in [2.75, 3.05) is 5.32 Å². The SMILES string of the molecule is CC1(O)CC(Nc2ncncc2Br)C1. The minimum Gasteiger partial charge on any atom is -0.390 e. The molecule has 1 heterocycles. The zero-order chi connectivity index (χ0) is 10.2. The van der Waals surface area contributed by atoms with E-state index in [1.807, 2.05) is 6.92 Å². The van der Waals surface area contributed by atoms with E-state index < -0.39 is 5.60 Å². The number of aliphatic hydroxyl groups is 1. The van der Waals surface area contributed by atoms with Crippen LogP contribution in [0.2, 0.25) is 0 Å². The quantitative estimate of drug-likeness (QED) is 0.845. The third-order valence-electron chi connectivity index (χ3n) is 2.38. The number of halogens is 1. The van der Waals surface area contributed by atoms with E-state index in [0.29, 0.717) is 6.04 Å². The molecular weight excluding hydrogens is 246 g/mol. The van der Waals surface area contributed by atoms with Gasteiger partial charge < -0.3 is 10.4 Å². The van der Waals surface area contributed by atoms with E-state index in [2.05, 4.69) is 31.2 Å². The molecule has 0 aliphatic heterocycles. The summed E-state index contributed by atoms with van der Waals surface area (Å²) in [6, 6.07) is 0.316. The summed E-state index contributed by atoms with van der Waals surface area (Å²) >= 11 is 3.36. The Kier molecular flexibility index (Phi) is 2.45. The van der Waals surface area contributed by atoms with Gasteiger partial charge in [0.15, 0.2) is 0 Å². The maximum Gasteiger partial charge on any atom is 0.143 e. The monoisotopic (exact) mass is 257 g/mol. The third kappa shape index (κ3) is 2.04. The molecule has 0 atom stereocenters. The van der Waals surface area contributed by atoms with Crippen LogP contribution in [0.3, 0.4) is 0 Å². The van der Waals surface area contributed by atoms with Crippen LogP contribution in [0.25, 0.3) is 0 Å². The predicted molar refractivity (Wildman–Crippen MR) is 57.0 cm³/mol. The van der Waals surface area contributed by atoms with Crippen molar-refractivity contribution in [3.63, 3.8) is 0 Å². The van der Waals surface area contributed by atoms with Gasteiger partial charge in [-0.15, -0.1) is 0 Å². The smallest absolute Gasteiger partial charge is 0.143 e. The highest BCUT2D eigenvalue weighted by Gasteiger charge is 2.38. The van der Waals surface area contributed by atoms with Gasteiger partial charge in [0.05, 0.1) is 10.1 Å². The topological polar surface area (TPSA) is 58.0 Å². The highest BCUT2D eigenvalue weighted by molar-refractivity contribution is 9.10. The van der Waals surface area contributed by atoms with Crippen LogP contribution >= 0.6 is 15.9 Å². The summed E-state index contributed by atoms with van der Waals surface area (Å²) in [5.74, 6) is 0.792. The van der Waals surface area contributed by atoms with Gasteiger partial charge in [0.25, 0.3) is 0 Å². The fraction of sp³-hybridized carbons (Fsp3) is 0.556. The molecule has 76 valence electrons. The Bertz CT molecular complexity index is 335. The minimum atomic E-state index is -0.503. The van der Waals surface area contributed by atoms with E-state index in [9.17, 15) is 5.11 Å². The van der Waals surface area contributed by atoms with Gasteiger partial charge in [-0.05, 0) is 35.7 Å². The van der Waals surface area contributed by atoms with Crippen molar-refractivity contribution in [3.05, 3.63) is 17.0 Å². The molecule has 0 radical (unpaired) electrons. The van der Waals surface area contributed by atoms with Crippen molar-refractivity contribution in [1.82, 2.24) is 9.97 Å². The lowest BCUT2D eigenvalue weighted by Crippen LogP contribution is -2.48. The molecule has 2 N–H and O–H groups in total. The normalized spacial score (nSPS) is 30.9. The Labute approximate surface area is 90.9 Å². The predicted octanol–water partition coefficient (Wildman–Crippen LogP) is 1.56. The zero-order valence-corrected chi connectivity index (χ0v) is 9.45. The molecule has 0 bridgehead atoms. The second-order valence-corrected chi connectivity index (χ2v) is 4.82. The summed E-state index contributed by atoms with van der Waals surface area (Å²) in [6.45, 7) is 1.85. The summed E-state index contributed by atoms with van der Waals surface area (Å²) in [5.41, 5.74) is -0.503. The lowest BCUT2D eigenvalue weighted by molar-refractivity contribution is -0.0235. The van der Waals surface area contributed by atoms with Crippen LogP contribution < -0.4 is 5.32 Å². The summed E-state index contributed by atoms with van der Waals surface area (Å²) in [6.07, 6.45) is 4.74. The van der Waals surface area contributed by atoms with Gasteiger partial charge in [-0.25, -0.2) is 9.97 Å². The molecule has 1 aromatic heterocycles. The first-order chi connectivity index (χ1) is 6.57. The fourth-order valence-electron chi connectivity index (χ4n) is 1.72. The molecule has 5 heteroatoms. The van der Waals surface area contributed by atoms with Crippen LogP contribution in [0.4, 0.5) is 5.82 Å². The van der Waals surface area contributed by atoms with Crippen molar-refractivity contribution in [2.24, 2.45) is 0 Å². The molecule has 14 heavy (non-hydrogen) atoms. The maximum absolute atomic E-state index is 9.55. The van der Waals surface area contributed by atoms with Gasteiger partial charge in [0.2, 0.25) is 0 Å². The molecule has 1 fully saturated rings. The second kappa shape index (κ2) is 3.47. The van der Waals surface area contributed by atoms with Crippen molar-refractivity contribution in [2.45, 2.75) is 31.4 Å². The molecule has 0 amide bonds. The highest BCUT2D eigenvalue weighted by Crippen LogP contribution is 2.34. The lowest BCUT2D eigenvalue weighted by Gasteiger charge is -2.41. The van der Waals surface area contributed by atoms with Crippen LogP contribution in [0.1, 0.15) is 19.8 Å². The Morgan fingerprint density at radius 2 is 2.36 bits per heavy atom. The first-order valence-corrected chi connectivity index (χ1v) is 5.30. The fourth-order valence-corrected chi connectivity index (χ4v) is 2.05. The van der Waals surface area contributed by atoms with Gasteiger partial charge >= 0.3 is 0 Å². The van der Waals surface area contributed by atoms with E-state index in [1.54, 1.807) is 6.20 Å². The van der Waals surface area contributed by atoms with Gasteiger partial charge in [-0.1, -0.05) is 0 Å². The van der Waals surface area contributed by atoms with E-state index in [0.717, 1.165) is 23.1 Å². The molecule has 0 spiro atoms. The highest BCUT2D eigenvalue weighted by atomic mass is 79.9. The van der Waals surface area contributed by atoms with Crippen molar-refractivity contribution >= 4 is 21.7 Å². The molecule has 0 aromatic carbocycles. The number of anilines is 1. The van der Waals surface area contributed by atoms with Crippen LogP contribution in [-0.4, -0.2) is 26.7 Å². The Morgan fingerprint density at radius 1 is 1.64 bits per heavy atom. The molecule has 4 nitrogen and oxygen atoms in total. The van der Waals surface area contributed by atoms with Crippen LogP contribution in [0.15, 0.2) is 17.0 Å². The number of hydrogen-bond donors (Lipinski definition) is 2. The Balaban J connectivity index is 1.97. The third-order valence-corrected chi connectivity index (χ3v) is 2.96. The summed E-state index contributed by atoms with van der Waals surface area (Å²) in [7, 11) is 0. The molecule has 2 rings (SSSR count). The standard InChI is InChI=1S/C9H12BrN3O/c1-9(14)2-6(3-9)13-8-7(10)4-11-5-12-8/h4-6,14H,2-3H2,1H3,(H,11,12,13). The van der Waals surface area contributed by atoms with E-state index in [-0.39, 0.29) is 0 Å². The van der Waals surface area contributed by atoms with Crippen molar-refractivity contribution in [1.29, 1.82) is 0 Å². The lowest BCUT2D eigenvalue weighted by atomic mass is 9.77.